The van der Waals surface area contributed by atoms with E-state index < -0.39 is 5.97 Å². The second-order valence-corrected chi connectivity index (χ2v) is 4.80. The molecule has 1 aromatic heterocycles. The van der Waals surface area contributed by atoms with Crippen LogP contribution in [0.3, 0.4) is 0 Å². The largest absolute Gasteiger partial charge is 0.478 e. The summed E-state index contributed by atoms with van der Waals surface area (Å²) in [5, 5.41) is 20.3. The Hall–Kier alpha value is -2.28. The Labute approximate surface area is 120 Å². The van der Waals surface area contributed by atoms with Gasteiger partial charge in [-0.25, -0.2) is 4.79 Å². The van der Waals surface area contributed by atoms with Crippen molar-refractivity contribution in [3.8, 4) is 0 Å². The number of hydrogen-bond acceptors (Lipinski definition) is 5. The summed E-state index contributed by atoms with van der Waals surface area (Å²) in [4.78, 5) is 11.3. The van der Waals surface area contributed by atoms with E-state index in [-0.39, 0.29) is 16.6 Å². The number of nitrogens with zero attached hydrogens (tertiary/aromatic N) is 3. The first-order valence-electron chi connectivity index (χ1n) is 5.83. The molecule has 8 heteroatoms. The van der Waals surface area contributed by atoms with Gasteiger partial charge in [-0.15, -0.1) is 10.2 Å². The van der Waals surface area contributed by atoms with E-state index >= 15 is 0 Å². The summed E-state index contributed by atoms with van der Waals surface area (Å²) in [7, 11) is 1.80. The van der Waals surface area contributed by atoms with Gasteiger partial charge >= 0.3 is 5.97 Å². The number of carbonyl (C=O) groups is 1. The average molecular weight is 296 g/mol. The molecule has 1 unspecified atom stereocenters. The van der Waals surface area contributed by atoms with E-state index in [9.17, 15) is 9.90 Å². The topological polar surface area (TPSA) is 106 Å². The molecule has 4 N–H and O–H groups in total. The monoisotopic (exact) mass is 295 g/mol. The van der Waals surface area contributed by atoms with E-state index in [0.29, 0.717) is 17.2 Å². The van der Waals surface area contributed by atoms with Crippen molar-refractivity contribution in [2.75, 3.05) is 11.1 Å². The van der Waals surface area contributed by atoms with Crippen molar-refractivity contribution in [3.05, 3.63) is 34.9 Å². The van der Waals surface area contributed by atoms with Gasteiger partial charge in [0.25, 0.3) is 0 Å². The van der Waals surface area contributed by atoms with Crippen molar-refractivity contribution in [1.82, 2.24) is 14.8 Å². The van der Waals surface area contributed by atoms with Crippen molar-refractivity contribution in [2.24, 2.45) is 7.05 Å². The molecule has 1 aromatic carbocycles. The number of carboxylic acid groups (broad SMARTS) is 1. The summed E-state index contributed by atoms with van der Waals surface area (Å²) in [6, 6.07) is 2.60. The molecule has 0 radical (unpaired) electrons. The second kappa shape index (κ2) is 5.38. The standard InChI is InChI=1S/C12H14ClN5O2/c1-6(11-17-15-5-18(11)2)16-10-8(12(19)20)3-7(14)4-9(10)13/h3-6,16H,14H2,1-2H3,(H,19,20). The van der Waals surface area contributed by atoms with E-state index in [4.69, 9.17) is 17.3 Å². The third-order valence-electron chi connectivity index (χ3n) is 2.84. The summed E-state index contributed by atoms with van der Waals surface area (Å²) in [6.07, 6.45) is 1.57. The Morgan fingerprint density at radius 1 is 1.55 bits per heavy atom. The lowest BCUT2D eigenvalue weighted by atomic mass is 10.1. The number of aryl methyl sites for hydroxylation is 1. The van der Waals surface area contributed by atoms with Gasteiger partial charge in [0, 0.05) is 12.7 Å². The number of benzene rings is 1. The van der Waals surface area contributed by atoms with Crippen LogP contribution in [0.1, 0.15) is 29.1 Å². The fourth-order valence-corrected chi connectivity index (χ4v) is 2.19. The summed E-state index contributed by atoms with van der Waals surface area (Å²) in [6.45, 7) is 1.84. The highest BCUT2D eigenvalue weighted by atomic mass is 35.5. The molecule has 1 atom stereocenters. The van der Waals surface area contributed by atoms with Crippen LogP contribution in [0.4, 0.5) is 11.4 Å². The molecule has 0 aliphatic carbocycles. The molecule has 7 nitrogen and oxygen atoms in total. The van der Waals surface area contributed by atoms with E-state index in [1.165, 1.54) is 12.1 Å². The average Bonchev–Trinajstić information content (AvgIpc) is 2.78. The molecule has 0 amide bonds. The van der Waals surface area contributed by atoms with Crippen LogP contribution in [0.2, 0.25) is 5.02 Å². The first-order valence-corrected chi connectivity index (χ1v) is 6.20. The number of rotatable bonds is 4. The van der Waals surface area contributed by atoms with Crippen LogP contribution < -0.4 is 11.1 Å². The van der Waals surface area contributed by atoms with Crippen LogP contribution in [-0.2, 0) is 7.05 Å². The fraction of sp³-hybridized carbons (Fsp3) is 0.250. The first-order chi connectivity index (χ1) is 9.40. The number of aromatic carboxylic acids is 1. The SMILES string of the molecule is CC(Nc1c(Cl)cc(N)cc1C(=O)O)c1nncn1C. The Morgan fingerprint density at radius 2 is 2.25 bits per heavy atom. The van der Waals surface area contributed by atoms with Crippen molar-refractivity contribution in [3.63, 3.8) is 0 Å². The molecule has 0 fully saturated rings. The van der Waals surface area contributed by atoms with Gasteiger partial charge in [0.2, 0.25) is 0 Å². The highest BCUT2D eigenvalue weighted by molar-refractivity contribution is 6.34. The number of aromatic nitrogens is 3. The summed E-state index contributed by atoms with van der Waals surface area (Å²) in [5.74, 6) is -0.443. The van der Waals surface area contributed by atoms with Crippen LogP contribution in [-0.4, -0.2) is 25.8 Å². The third kappa shape index (κ3) is 2.67. The molecule has 0 bridgehead atoms. The molecule has 0 spiro atoms. The molecule has 0 saturated carbocycles. The normalized spacial score (nSPS) is 12.2. The number of nitrogens with two attached hydrogens (primary N) is 1. The maximum absolute atomic E-state index is 11.3. The molecule has 20 heavy (non-hydrogen) atoms. The lowest BCUT2D eigenvalue weighted by Gasteiger charge is -2.17. The van der Waals surface area contributed by atoms with E-state index in [1.54, 1.807) is 17.9 Å². The van der Waals surface area contributed by atoms with Crippen molar-refractivity contribution >= 4 is 28.9 Å². The number of anilines is 2. The van der Waals surface area contributed by atoms with Gasteiger partial charge in [0.05, 0.1) is 22.3 Å². The Morgan fingerprint density at radius 3 is 2.80 bits per heavy atom. The summed E-state index contributed by atoms with van der Waals surface area (Å²) < 4.78 is 1.74. The maximum Gasteiger partial charge on any atom is 0.337 e. The molecule has 2 aromatic rings. The number of carboxylic acids is 1. The smallest absolute Gasteiger partial charge is 0.337 e. The number of halogens is 1. The first kappa shape index (κ1) is 14.1. The second-order valence-electron chi connectivity index (χ2n) is 4.40. The highest BCUT2D eigenvalue weighted by Gasteiger charge is 2.19. The van der Waals surface area contributed by atoms with Crippen LogP contribution >= 0.6 is 11.6 Å². The predicted molar refractivity (Wildman–Crippen MR) is 75.9 cm³/mol. The minimum absolute atomic E-state index is 0.0176. The van der Waals surface area contributed by atoms with Gasteiger partial charge in [-0.05, 0) is 19.1 Å². The minimum Gasteiger partial charge on any atom is -0.478 e. The van der Waals surface area contributed by atoms with Gasteiger partial charge in [-0.2, -0.15) is 0 Å². The van der Waals surface area contributed by atoms with Crippen LogP contribution in [0.5, 0.6) is 0 Å². The molecular weight excluding hydrogens is 282 g/mol. The number of nitrogen functional groups attached to an aromatic ring is 1. The number of nitrogens with one attached hydrogen (secondary N) is 1. The molecule has 2 rings (SSSR count). The zero-order valence-corrected chi connectivity index (χ0v) is 11.7. The van der Waals surface area contributed by atoms with Crippen molar-refractivity contribution < 1.29 is 9.90 Å². The zero-order chi connectivity index (χ0) is 14.9. The van der Waals surface area contributed by atoms with Crippen LogP contribution in [0.15, 0.2) is 18.5 Å². The van der Waals surface area contributed by atoms with Crippen molar-refractivity contribution in [1.29, 1.82) is 0 Å². The lowest BCUT2D eigenvalue weighted by molar-refractivity contribution is 0.0698. The molecule has 106 valence electrons. The van der Waals surface area contributed by atoms with Crippen LogP contribution in [0.25, 0.3) is 0 Å². The summed E-state index contributed by atoms with van der Waals surface area (Å²) in [5.41, 5.74) is 6.24. The molecule has 1 heterocycles. The van der Waals surface area contributed by atoms with Gasteiger partial charge in [0.1, 0.15) is 6.33 Å². The summed E-state index contributed by atoms with van der Waals surface area (Å²) >= 11 is 6.08. The predicted octanol–water partition coefficient (Wildman–Crippen LogP) is 1.92. The third-order valence-corrected chi connectivity index (χ3v) is 3.14. The molecule has 0 aliphatic heterocycles. The molecule has 0 saturated heterocycles. The van der Waals surface area contributed by atoms with Crippen LogP contribution in [0, 0.1) is 0 Å². The molecule has 0 aliphatic rings. The van der Waals surface area contributed by atoms with E-state index in [1.807, 2.05) is 6.92 Å². The Bertz CT molecular complexity index is 655. The lowest BCUT2D eigenvalue weighted by Crippen LogP contribution is -2.15. The highest BCUT2D eigenvalue weighted by Crippen LogP contribution is 2.31. The van der Waals surface area contributed by atoms with Gasteiger partial charge < -0.3 is 20.7 Å². The Kier molecular flexibility index (Phi) is 3.80. The minimum atomic E-state index is -1.10. The van der Waals surface area contributed by atoms with E-state index in [0.717, 1.165) is 0 Å². The van der Waals surface area contributed by atoms with Gasteiger partial charge in [-0.1, -0.05) is 11.6 Å². The quantitative estimate of drug-likeness (QED) is 0.744. The number of hydrogen-bond donors (Lipinski definition) is 3. The van der Waals surface area contributed by atoms with E-state index in [2.05, 4.69) is 15.5 Å². The fourth-order valence-electron chi connectivity index (χ4n) is 1.91. The molecular formula is C12H14ClN5O2. The van der Waals surface area contributed by atoms with Gasteiger partial charge in [-0.3, -0.25) is 0 Å². The Balaban J connectivity index is 2.38. The van der Waals surface area contributed by atoms with Gasteiger partial charge in [0.15, 0.2) is 5.82 Å². The zero-order valence-electron chi connectivity index (χ0n) is 11.0. The maximum atomic E-state index is 11.3. The van der Waals surface area contributed by atoms with Crippen molar-refractivity contribution in [2.45, 2.75) is 13.0 Å².